The number of urea groups is 1. The van der Waals surface area contributed by atoms with Gasteiger partial charge in [-0.25, -0.2) is 4.79 Å². The summed E-state index contributed by atoms with van der Waals surface area (Å²) in [7, 11) is 4.60. The molecule has 1 aliphatic heterocycles. The van der Waals surface area contributed by atoms with Crippen molar-refractivity contribution >= 4 is 17.6 Å². The second-order valence-electron chi connectivity index (χ2n) is 6.83. The number of anilines is 1. The van der Waals surface area contributed by atoms with Crippen molar-refractivity contribution in [3.8, 4) is 17.2 Å². The molecule has 1 aliphatic rings. The highest BCUT2D eigenvalue weighted by atomic mass is 16.5. The van der Waals surface area contributed by atoms with Gasteiger partial charge in [0.05, 0.1) is 27.0 Å². The molecule has 0 aliphatic carbocycles. The molecule has 2 rings (SSSR count). The number of benzene rings is 1. The highest BCUT2D eigenvalue weighted by Crippen LogP contribution is 2.40. The van der Waals surface area contributed by atoms with Gasteiger partial charge in [-0.15, -0.1) is 0 Å². The maximum atomic E-state index is 12.6. The first-order chi connectivity index (χ1) is 13.5. The van der Waals surface area contributed by atoms with E-state index in [1.807, 2.05) is 6.92 Å². The molecule has 8 heteroatoms. The fourth-order valence-corrected chi connectivity index (χ4v) is 3.29. The van der Waals surface area contributed by atoms with Crippen LogP contribution in [0.25, 0.3) is 0 Å². The van der Waals surface area contributed by atoms with Crippen molar-refractivity contribution in [2.75, 3.05) is 46.3 Å². The van der Waals surface area contributed by atoms with Crippen LogP contribution in [0, 0.1) is 5.92 Å². The second-order valence-corrected chi connectivity index (χ2v) is 6.83. The van der Waals surface area contributed by atoms with Gasteiger partial charge in [0.1, 0.15) is 0 Å². The highest BCUT2D eigenvalue weighted by molar-refractivity contribution is 5.90. The van der Waals surface area contributed by atoms with E-state index in [0.29, 0.717) is 48.4 Å². The predicted octanol–water partition coefficient (Wildman–Crippen LogP) is 2.87. The largest absolute Gasteiger partial charge is 0.493 e. The third kappa shape index (κ3) is 5.68. The number of likely N-dealkylation sites (tertiary alicyclic amines) is 1. The lowest BCUT2D eigenvalue weighted by atomic mass is 9.93. The molecule has 8 nitrogen and oxygen atoms in total. The van der Waals surface area contributed by atoms with Crippen LogP contribution in [0.2, 0.25) is 0 Å². The quantitative estimate of drug-likeness (QED) is 0.709. The van der Waals surface area contributed by atoms with Crippen molar-refractivity contribution in [1.82, 2.24) is 10.2 Å². The van der Waals surface area contributed by atoms with E-state index in [9.17, 15) is 9.59 Å². The molecular weight excluding hydrogens is 362 g/mol. The summed E-state index contributed by atoms with van der Waals surface area (Å²) >= 11 is 0. The van der Waals surface area contributed by atoms with E-state index in [-0.39, 0.29) is 11.9 Å². The third-order valence-electron chi connectivity index (χ3n) is 4.86. The first-order valence-electron chi connectivity index (χ1n) is 9.65. The first kappa shape index (κ1) is 21.7. The molecule has 1 aromatic carbocycles. The molecule has 1 saturated heterocycles. The van der Waals surface area contributed by atoms with Crippen LogP contribution in [0.3, 0.4) is 0 Å². The first-order valence-corrected chi connectivity index (χ1v) is 9.65. The van der Waals surface area contributed by atoms with E-state index in [4.69, 9.17) is 14.2 Å². The second kappa shape index (κ2) is 10.6. The maximum absolute atomic E-state index is 12.6. The molecule has 0 atom stereocenters. The Morgan fingerprint density at radius 2 is 1.68 bits per heavy atom. The Morgan fingerprint density at radius 3 is 2.18 bits per heavy atom. The van der Waals surface area contributed by atoms with Gasteiger partial charge in [0.2, 0.25) is 11.7 Å². The van der Waals surface area contributed by atoms with Crippen molar-refractivity contribution in [1.29, 1.82) is 0 Å². The average molecular weight is 393 g/mol. The Balaban J connectivity index is 1.91. The minimum Gasteiger partial charge on any atom is -0.493 e. The van der Waals surface area contributed by atoms with Gasteiger partial charge >= 0.3 is 6.03 Å². The number of nitrogens with zero attached hydrogens (tertiary/aromatic N) is 1. The number of rotatable bonds is 8. The summed E-state index contributed by atoms with van der Waals surface area (Å²) in [5.74, 6) is 1.86. The van der Waals surface area contributed by atoms with Crippen molar-refractivity contribution < 1.29 is 23.8 Å². The van der Waals surface area contributed by atoms with E-state index < -0.39 is 0 Å². The molecule has 28 heavy (non-hydrogen) atoms. The van der Waals surface area contributed by atoms with Gasteiger partial charge in [-0.1, -0.05) is 6.92 Å². The SMILES string of the molecule is CCCNC(=O)CC1CCN(C(=O)Nc2cc(OC)c(OC)c(OC)c2)CC1. The lowest BCUT2D eigenvalue weighted by Gasteiger charge is -2.31. The lowest BCUT2D eigenvalue weighted by molar-refractivity contribution is -0.122. The number of piperidine rings is 1. The number of nitrogens with one attached hydrogen (secondary N) is 2. The summed E-state index contributed by atoms with van der Waals surface area (Å²) in [6.45, 7) is 4.00. The zero-order valence-corrected chi connectivity index (χ0v) is 17.2. The minimum absolute atomic E-state index is 0.0992. The third-order valence-corrected chi connectivity index (χ3v) is 4.86. The molecule has 1 heterocycles. The van der Waals surface area contributed by atoms with Gasteiger partial charge in [0.25, 0.3) is 0 Å². The van der Waals surface area contributed by atoms with Crippen LogP contribution in [0.5, 0.6) is 17.2 Å². The summed E-state index contributed by atoms with van der Waals surface area (Å²) in [5.41, 5.74) is 0.570. The molecule has 0 spiro atoms. The number of carbonyl (C=O) groups excluding carboxylic acids is 2. The van der Waals surface area contributed by atoms with E-state index >= 15 is 0 Å². The normalized spacial score (nSPS) is 14.4. The van der Waals surface area contributed by atoms with E-state index in [1.165, 1.54) is 21.3 Å². The molecule has 156 valence electrons. The van der Waals surface area contributed by atoms with Crippen molar-refractivity contribution in [3.05, 3.63) is 12.1 Å². The van der Waals surface area contributed by atoms with Crippen LogP contribution in [0.1, 0.15) is 32.6 Å². The van der Waals surface area contributed by atoms with Crippen LogP contribution >= 0.6 is 0 Å². The zero-order chi connectivity index (χ0) is 20.5. The van der Waals surface area contributed by atoms with Crippen LogP contribution in [-0.4, -0.2) is 57.8 Å². The van der Waals surface area contributed by atoms with Crippen molar-refractivity contribution in [2.24, 2.45) is 5.92 Å². The minimum atomic E-state index is -0.178. The fourth-order valence-electron chi connectivity index (χ4n) is 3.29. The molecule has 2 N–H and O–H groups in total. The summed E-state index contributed by atoms with van der Waals surface area (Å²) in [5, 5.41) is 5.80. The topological polar surface area (TPSA) is 89.1 Å². The average Bonchev–Trinajstić information content (AvgIpc) is 2.71. The van der Waals surface area contributed by atoms with Crippen LogP contribution in [0.15, 0.2) is 12.1 Å². The Morgan fingerprint density at radius 1 is 1.07 bits per heavy atom. The number of amides is 3. The number of methoxy groups -OCH3 is 3. The van der Waals surface area contributed by atoms with Gasteiger partial charge < -0.3 is 29.7 Å². The Labute approximate surface area is 166 Å². The maximum Gasteiger partial charge on any atom is 0.321 e. The smallest absolute Gasteiger partial charge is 0.321 e. The van der Waals surface area contributed by atoms with Crippen molar-refractivity contribution in [2.45, 2.75) is 32.6 Å². The molecular formula is C20H31N3O5. The fraction of sp³-hybridized carbons (Fsp3) is 0.600. The number of ether oxygens (including phenoxy) is 3. The monoisotopic (exact) mass is 393 g/mol. The molecule has 0 bridgehead atoms. The van der Waals surface area contributed by atoms with Crippen molar-refractivity contribution in [3.63, 3.8) is 0 Å². The summed E-state index contributed by atoms with van der Waals surface area (Å²) in [6.07, 6.45) is 3.11. The molecule has 0 unspecified atom stereocenters. The summed E-state index contributed by atoms with van der Waals surface area (Å²) in [6, 6.07) is 3.22. The van der Waals surface area contributed by atoms with Gasteiger partial charge in [0, 0.05) is 38.2 Å². The van der Waals surface area contributed by atoms with Gasteiger partial charge in [-0.05, 0) is 25.2 Å². The van der Waals surface area contributed by atoms with Gasteiger partial charge in [0.15, 0.2) is 11.5 Å². The van der Waals surface area contributed by atoms with Crippen LogP contribution in [0.4, 0.5) is 10.5 Å². The zero-order valence-electron chi connectivity index (χ0n) is 17.2. The highest BCUT2D eigenvalue weighted by Gasteiger charge is 2.25. The molecule has 1 fully saturated rings. The Bertz CT molecular complexity index is 647. The summed E-state index contributed by atoms with van der Waals surface area (Å²) in [4.78, 5) is 26.2. The number of hydrogen-bond donors (Lipinski definition) is 2. The van der Waals surface area contributed by atoms with Gasteiger partial charge in [-0.2, -0.15) is 0 Å². The molecule has 0 saturated carbocycles. The standard InChI is InChI=1S/C20H31N3O5/c1-5-8-21-18(24)11-14-6-9-23(10-7-14)20(25)22-15-12-16(26-2)19(28-4)17(13-15)27-3/h12-14H,5-11H2,1-4H3,(H,21,24)(H,22,25). The molecule has 0 aromatic heterocycles. The van der Waals surface area contributed by atoms with E-state index in [0.717, 1.165) is 25.8 Å². The lowest BCUT2D eigenvalue weighted by Crippen LogP contribution is -2.42. The summed E-state index contributed by atoms with van der Waals surface area (Å²) < 4.78 is 15.9. The molecule has 3 amide bonds. The Hall–Kier alpha value is -2.64. The van der Waals surface area contributed by atoms with E-state index in [1.54, 1.807) is 17.0 Å². The number of carbonyl (C=O) groups is 2. The van der Waals surface area contributed by atoms with E-state index in [2.05, 4.69) is 10.6 Å². The van der Waals surface area contributed by atoms with Gasteiger partial charge in [-0.3, -0.25) is 4.79 Å². The molecule has 0 radical (unpaired) electrons. The van der Waals surface area contributed by atoms with Crippen LogP contribution in [-0.2, 0) is 4.79 Å². The Kier molecular flexibility index (Phi) is 8.22. The number of hydrogen-bond acceptors (Lipinski definition) is 5. The van der Waals surface area contributed by atoms with Crippen LogP contribution < -0.4 is 24.8 Å². The molecule has 1 aromatic rings. The predicted molar refractivity (Wildman–Crippen MR) is 107 cm³/mol.